The van der Waals surface area contributed by atoms with E-state index in [1.165, 1.54) is 31.4 Å². The Balaban J connectivity index is 1.78. The van der Waals surface area contributed by atoms with Gasteiger partial charge in [-0.15, -0.1) is 0 Å². The van der Waals surface area contributed by atoms with Crippen LogP contribution in [-0.4, -0.2) is 37.1 Å². The average molecular weight is 475 g/mol. The molecule has 0 radical (unpaired) electrons. The lowest BCUT2D eigenvalue weighted by molar-refractivity contribution is 0.0966. The lowest BCUT2D eigenvalue weighted by Crippen LogP contribution is -2.40. The van der Waals surface area contributed by atoms with Crippen LogP contribution in [0.3, 0.4) is 0 Å². The summed E-state index contributed by atoms with van der Waals surface area (Å²) in [6.07, 6.45) is 1.51. The van der Waals surface area contributed by atoms with Gasteiger partial charge in [-0.25, -0.2) is 18.6 Å². The number of methoxy groups -OCH3 is 1. The third kappa shape index (κ3) is 3.96. The second kappa shape index (κ2) is 8.96. The zero-order valence-electron chi connectivity index (χ0n) is 19.1. The summed E-state index contributed by atoms with van der Waals surface area (Å²) in [6.45, 7) is 8.66. The fourth-order valence-corrected chi connectivity index (χ4v) is 4.72. The Morgan fingerprint density at radius 3 is 2.49 bits per heavy atom. The smallest absolute Gasteiger partial charge is 0.255 e. The largest absolute Gasteiger partial charge is 0.494 e. The quantitative estimate of drug-likeness (QED) is 0.546. The molecular weight excluding hydrogens is 452 g/mol. The molecule has 2 aliphatic heterocycles. The number of fused-ring (bicyclic) bond motifs is 1. The normalized spacial score (nSPS) is 15.5. The summed E-state index contributed by atoms with van der Waals surface area (Å²) in [5.74, 6) is -0.905. The summed E-state index contributed by atoms with van der Waals surface area (Å²) in [4.78, 5) is 23.1. The van der Waals surface area contributed by atoms with Crippen molar-refractivity contribution in [1.29, 1.82) is 0 Å². The fraction of sp³-hybridized carbons (Fsp3) is 0.269. The molecule has 35 heavy (non-hydrogen) atoms. The standard InChI is InChI=1S/C26H23F2N5O2/c1-30-20-5-3-15(12-18(20)27)24-22(14-4-6-21(35-2)19(28)11-14)17-13-31-26(34)23(17)25(32-24)33-9-7-16(29)8-10-33/h3-6,11-12,16H,7-10,13,29H2,2H3,(H,31,34). The van der Waals surface area contributed by atoms with Crippen LogP contribution in [0.5, 0.6) is 5.75 Å². The third-order valence-corrected chi connectivity index (χ3v) is 6.56. The van der Waals surface area contributed by atoms with Crippen molar-refractivity contribution in [2.24, 2.45) is 5.73 Å². The summed E-state index contributed by atoms with van der Waals surface area (Å²) in [7, 11) is 1.38. The highest BCUT2D eigenvalue weighted by Crippen LogP contribution is 2.42. The Morgan fingerprint density at radius 1 is 1.11 bits per heavy atom. The SMILES string of the molecule is [C-]#[N+]c1ccc(-c2nc(N3CCC(N)CC3)c3c(c2-c2ccc(OC)c(F)c2)CNC3=O)cc1F. The number of amides is 1. The zero-order valence-corrected chi connectivity index (χ0v) is 19.1. The van der Waals surface area contributed by atoms with Crippen LogP contribution in [0.4, 0.5) is 20.3 Å². The first-order valence-electron chi connectivity index (χ1n) is 11.3. The highest BCUT2D eigenvalue weighted by atomic mass is 19.1. The van der Waals surface area contributed by atoms with Crippen molar-refractivity contribution in [3.63, 3.8) is 0 Å². The highest BCUT2D eigenvalue weighted by Gasteiger charge is 2.33. The van der Waals surface area contributed by atoms with Gasteiger partial charge in [0.2, 0.25) is 5.69 Å². The summed E-state index contributed by atoms with van der Waals surface area (Å²) in [6, 6.07) is 8.88. The molecule has 178 valence electrons. The molecule has 2 aliphatic rings. The molecular formula is C26H23F2N5O2. The van der Waals surface area contributed by atoms with E-state index < -0.39 is 11.6 Å². The van der Waals surface area contributed by atoms with Gasteiger partial charge >= 0.3 is 0 Å². The van der Waals surface area contributed by atoms with E-state index in [0.29, 0.717) is 52.4 Å². The van der Waals surface area contributed by atoms with Crippen LogP contribution in [0.2, 0.25) is 0 Å². The maximum Gasteiger partial charge on any atom is 0.255 e. The summed E-state index contributed by atoms with van der Waals surface area (Å²) >= 11 is 0. The number of halogens is 2. The van der Waals surface area contributed by atoms with Crippen LogP contribution in [0.1, 0.15) is 28.8 Å². The minimum Gasteiger partial charge on any atom is -0.494 e. The summed E-state index contributed by atoms with van der Waals surface area (Å²) in [5, 5.41) is 2.87. The maximum atomic E-state index is 14.7. The van der Waals surface area contributed by atoms with Crippen LogP contribution in [0, 0.1) is 18.2 Å². The van der Waals surface area contributed by atoms with Crippen LogP contribution in [0.15, 0.2) is 36.4 Å². The molecule has 9 heteroatoms. The molecule has 1 aromatic heterocycles. The van der Waals surface area contributed by atoms with Gasteiger partial charge in [-0.1, -0.05) is 18.2 Å². The number of nitrogens with one attached hydrogen (secondary N) is 1. The van der Waals surface area contributed by atoms with Crippen molar-refractivity contribution in [3.05, 3.63) is 70.6 Å². The molecule has 1 saturated heterocycles. The van der Waals surface area contributed by atoms with Crippen molar-refractivity contribution in [1.82, 2.24) is 10.3 Å². The Hall–Kier alpha value is -4.03. The Morgan fingerprint density at radius 2 is 1.83 bits per heavy atom. The number of carbonyl (C=O) groups excluding carboxylic acids is 1. The number of hydrogen-bond acceptors (Lipinski definition) is 5. The Bertz CT molecular complexity index is 1380. The number of aromatic nitrogens is 1. The minimum atomic E-state index is -0.675. The van der Waals surface area contributed by atoms with E-state index in [1.807, 2.05) is 4.90 Å². The van der Waals surface area contributed by atoms with E-state index in [0.717, 1.165) is 12.8 Å². The molecule has 0 spiro atoms. The van der Waals surface area contributed by atoms with Crippen molar-refractivity contribution < 1.29 is 18.3 Å². The maximum absolute atomic E-state index is 14.7. The van der Waals surface area contributed by atoms with E-state index in [4.69, 9.17) is 22.0 Å². The number of benzene rings is 2. The van der Waals surface area contributed by atoms with Gasteiger partial charge < -0.3 is 20.7 Å². The molecule has 3 heterocycles. The second-order valence-corrected chi connectivity index (χ2v) is 8.65. The molecule has 7 nitrogen and oxygen atoms in total. The van der Waals surface area contributed by atoms with Crippen LogP contribution in [0.25, 0.3) is 27.2 Å². The number of hydrogen-bond donors (Lipinski definition) is 2. The molecule has 3 N–H and O–H groups in total. The molecule has 5 rings (SSSR count). The van der Waals surface area contributed by atoms with Gasteiger partial charge in [0.05, 0.1) is 24.9 Å². The van der Waals surface area contributed by atoms with Gasteiger partial charge in [0.15, 0.2) is 11.6 Å². The van der Waals surface area contributed by atoms with E-state index >= 15 is 0 Å². The molecule has 0 unspecified atom stereocenters. The predicted octanol–water partition coefficient (Wildman–Crippen LogP) is 4.42. The molecule has 0 saturated carbocycles. The topological polar surface area (TPSA) is 84.8 Å². The summed E-state index contributed by atoms with van der Waals surface area (Å²) in [5.41, 5.74) is 8.94. The molecule has 3 aromatic rings. The molecule has 1 fully saturated rings. The number of piperidine rings is 1. The number of anilines is 1. The third-order valence-electron chi connectivity index (χ3n) is 6.56. The number of carbonyl (C=O) groups is 1. The Labute approximate surface area is 201 Å². The number of nitrogens with zero attached hydrogens (tertiary/aromatic N) is 3. The van der Waals surface area contributed by atoms with Crippen molar-refractivity contribution in [3.8, 4) is 28.1 Å². The van der Waals surface area contributed by atoms with Gasteiger partial charge in [-0.05, 0) is 42.2 Å². The molecule has 0 aliphatic carbocycles. The minimum absolute atomic E-state index is 0.0860. The van der Waals surface area contributed by atoms with Gasteiger partial charge in [-0.3, -0.25) is 4.79 Å². The molecule has 1 amide bonds. The Kier molecular flexibility index (Phi) is 5.83. The monoisotopic (exact) mass is 475 g/mol. The first kappa shape index (κ1) is 22.7. The highest BCUT2D eigenvalue weighted by molar-refractivity contribution is 6.06. The molecule has 0 bridgehead atoms. The van der Waals surface area contributed by atoms with Crippen molar-refractivity contribution in [2.75, 3.05) is 25.1 Å². The number of pyridine rings is 1. The first-order valence-corrected chi connectivity index (χ1v) is 11.3. The average Bonchev–Trinajstić information content (AvgIpc) is 3.25. The predicted molar refractivity (Wildman–Crippen MR) is 128 cm³/mol. The van der Waals surface area contributed by atoms with E-state index in [-0.39, 0.29) is 29.9 Å². The van der Waals surface area contributed by atoms with Crippen LogP contribution in [-0.2, 0) is 6.54 Å². The number of nitrogens with two attached hydrogens (primary N) is 1. The number of rotatable bonds is 4. The van der Waals surface area contributed by atoms with Crippen LogP contribution >= 0.6 is 0 Å². The van der Waals surface area contributed by atoms with Gasteiger partial charge in [-0.2, -0.15) is 0 Å². The first-order chi connectivity index (χ1) is 16.9. The van der Waals surface area contributed by atoms with E-state index in [2.05, 4.69) is 10.2 Å². The lowest BCUT2D eigenvalue weighted by Gasteiger charge is -2.32. The summed E-state index contributed by atoms with van der Waals surface area (Å²) < 4.78 is 34.4. The lowest BCUT2D eigenvalue weighted by atomic mass is 9.91. The second-order valence-electron chi connectivity index (χ2n) is 8.65. The van der Waals surface area contributed by atoms with Gasteiger partial charge in [0.25, 0.3) is 5.91 Å². The van der Waals surface area contributed by atoms with Gasteiger partial charge in [0.1, 0.15) is 11.6 Å². The fourth-order valence-electron chi connectivity index (χ4n) is 4.72. The van der Waals surface area contributed by atoms with Gasteiger partial charge in [0, 0.05) is 36.8 Å². The van der Waals surface area contributed by atoms with E-state index in [1.54, 1.807) is 12.1 Å². The van der Waals surface area contributed by atoms with E-state index in [9.17, 15) is 13.6 Å². The van der Waals surface area contributed by atoms with Crippen LogP contribution < -0.4 is 20.7 Å². The number of ether oxygens (including phenoxy) is 1. The van der Waals surface area contributed by atoms with Crippen molar-refractivity contribution >= 4 is 17.4 Å². The molecule has 0 atom stereocenters. The zero-order chi connectivity index (χ0) is 24.7. The van der Waals surface area contributed by atoms with Crippen molar-refractivity contribution in [2.45, 2.75) is 25.4 Å². The molecule has 2 aromatic carbocycles.